The SMILES string of the molecule is CN[C@H](C(=O)NC1CCC(n2nc(-c3ccc(Oc4ccccc4)cc3)c3c(N)ncnc32)CC1)C(C)C.Cl. The Balaban J connectivity index is 0.00000353. The van der Waals surface area contributed by atoms with Crippen LogP contribution in [0.15, 0.2) is 60.9 Å². The quantitative estimate of drug-likeness (QED) is 0.278. The number of nitrogens with zero attached hydrogens (tertiary/aromatic N) is 4. The molecule has 0 radical (unpaired) electrons. The Labute approximate surface area is 235 Å². The van der Waals surface area contributed by atoms with Crippen molar-refractivity contribution in [3.63, 3.8) is 0 Å². The number of hydrogen-bond donors (Lipinski definition) is 3. The van der Waals surface area contributed by atoms with E-state index in [0.717, 1.165) is 59.5 Å². The van der Waals surface area contributed by atoms with Gasteiger partial charge in [-0.1, -0.05) is 32.0 Å². The highest BCUT2D eigenvalue weighted by molar-refractivity contribution is 5.98. The summed E-state index contributed by atoms with van der Waals surface area (Å²) in [7, 11) is 1.83. The Morgan fingerprint density at radius 3 is 2.31 bits per heavy atom. The van der Waals surface area contributed by atoms with Crippen LogP contribution in [-0.2, 0) is 4.79 Å². The lowest BCUT2D eigenvalue weighted by atomic mass is 9.90. The molecule has 1 amide bonds. The lowest BCUT2D eigenvalue weighted by molar-refractivity contribution is -0.125. The van der Waals surface area contributed by atoms with Crippen molar-refractivity contribution in [2.75, 3.05) is 12.8 Å². The molecule has 0 saturated heterocycles. The van der Waals surface area contributed by atoms with Crippen LogP contribution in [0.3, 0.4) is 0 Å². The molecular weight excluding hydrogens is 514 g/mol. The van der Waals surface area contributed by atoms with Gasteiger partial charge in [0.2, 0.25) is 5.91 Å². The van der Waals surface area contributed by atoms with Crippen molar-refractivity contribution < 1.29 is 9.53 Å². The molecule has 2 aromatic heterocycles. The molecule has 2 aromatic carbocycles. The molecule has 1 aliphatic carbocycles. The number of likely N-dealkylation sites (N-methyl/N-ethyl adjacent to an activating group) is 1. The second kappa shape index (κ2) is 12.4. The summed E-state index contributed by atoms with van der Waals surface area (Å²) in [6, 6.07) is 17.6. The second-order valence-corrected chi connectivity index (χ2v) is 10.2. The average Bonchev–Trinajstić information content (AvgIpc) is 3.31. The molecule has 0 unspecified atom stereocenters. The molecule has 2 heterocycles. The van der Waals surface area contributed by atoms with Crippen LogP contribution >= 0.6 is 12.4 Å². The lowest BCUT2D eigenvalue weighted by Crippen LogP contribution is -2.50. The lowest BCUT2D eigenvalue weighted by Gasteiger charge is -2.31. The predicted molar refractivity (Wildman–Crippen MR) is 156 cm³/mol. The summed E-state index contributed by atoms with van der Waals surface area (Å²) >= 11 is 0. The Bertz CT molecular complexity index is 1380. The number of anilines is 1. The number of rotatable bonds is 8. The minimum absolute atomic E-state index is 0. The summed E-state index contributed by atoms with van der Waals surface area (Å²) in [6.07, 6.45) is 5.04. The summed E-state index contributed by atoms with van der Waals surface area (Å²) in [4.78, 5) is 21.5. The first kappa shape index (κ1) is 28.3. The van der Waals surface area contributed by atoms with Gasteiger partial charge in [-0.2, -0.15) is 5.10 Å². The molecule has 1 aliphatic rings. The third-order valence-corrected chi connectivity index (χ3v) is 7.27. The van der Waals surface area contributed by atoms with E-state index < -0.39 is 0 Å². The Hall–Kier alpha value is -3.69. The molecule has 1 atom stereocenters. The highest BCUT2D eigenvalue weighted by Gasteiger charge is 2.29. The number of para-hydroxylation sites is 1. The van der Waals surface area contributed by atoms with Gasteiger partial charge in [-0.05, 0) is 75.0 Å². The van der Waals surface area contributed by atoms with Gasteiger partial charge >= 0.3 is 0 Å². The minimum atomic E-state index is -0.186. The van der Waals surface area contributed by atoms with Gasteiger partial charge in [-0.3, -0.25) is 4.79 Å². The van der Waals surface area contributed by atoms with Gasteiger partial charge in [0.05, 0.1) is 17.5 Å². The van der Waals surface area contributed by atoms with E-state index in [1.807, 2.05) is 66.3 Å². The monoisotopic (exact) mass is 549 g/mol. The first-order chi connectivity index (χ1) is 18.4. The number of aromatic nitrogens is 4. The summed E-state index contributed by atoms with van der Waals surface area (Å²) in [5, 5.41) is 12.1. The molecule has 0 aliphatic heterocycles. The topological polar surface area (TPSA) is 120 Å². The normalized spacial score (nSPS) is 17.9. The van der Waals surface area contributed by atoms with Gasteiger partial charge < -0.3 is 21.1 Å². The number of ether oxygens (including phenoxy) is 1. The zero-order chi connectivity index (χ0) is 26.6. The van der Waals surface area contributed by atoms with Crippen LogP contribution < -0.4 is 21.1 Å². The maximum atomic E-state index is 12.7. The number of carbonyl (C=O) groups is 1. The molecule has 1 saturated carbocycles. The number of halogens is 1. The predicted octanol–water partition coefficient (Wildman–Crippen LogP) is 5.13. The van der Waals surface area contributed by atoms with Crippen molar-refractivity contribution in [2.45, 2.75) is 57.7 Å². The van der Waals surface area contributed by atoms with Crippen LogP contribution in [0.4, 0.5) is 5.82 Å². The maximum absolute atomic E-state index is 12.7. The first-order valence-electron chi connectivity index (χ1n) is 13.2. The van der Waals surface area contributed by atoms with E-state index >= 15 is 0 Å². The number of benzene rings is 2. The van der Waals surface area contributed by atoms with E-state index in [2.05, 4.69) is 34.4 Å². The summed E-state index contributed by atoms with van der Waals surface area (Å²) in [5.74, 6) is 2.23. The van der Waals surface area contributed by atoms with Crippen molar-refractivity contribution in [3.8, 4) is 22.8 Å². The van der Waals surface area contributed by atoms with Crippen LogP contribution in [0.25, 0.3) is 22.3 Å². The van der Waals surface area contributed by atoms with E-state index in [-0.39, 0.29) is 42.4 Å². The fourth-order valence-electron chi connectivity index (χ4n) is 5.28. The van der Waals surface area contributed by atoms with Crippen LogP contribution in [0.1, 0.15) is 45.6 Å². The molecule has 5 rings (SSSR count). The fourth-order valence-corrected chi connectivity index (χ4v) is 5.28. The number of fused-ring (bicyclic) bond motifs is 1. The highest BCUT2D eigenvalue weighted by atomic mass is 35.5. The number of nitrogen functional groups attached to an aromatic ring is 1. The number of nitrogens with one attached hydrogen (secondary N) is 2. The van der Waals surface area contributed by atoms with Crippen LogP contribution in [0, 0.1) is 5.92 Å². The van der Waals surface area contributed by atoms with Gasteiger partial charge in [0.25, 0.3) is 0 Å². The molecule has 0 spiro atoms. The first-order valence-corrected chi connectivity index (χ1v) is 13.2. The van der Waals surface area contributed by atoms with E-state index in [9.17, 15) is 4.79 Å². The number of nitrogens with two attached hydrogens (primary N) is 1. The third kappa shape index (κ3) is 6.15. The van der Waals surface area contributed by atoms with Crippen molar-refractivity contribution in [1.29, 1.82) is 0 Å². The summed E-state index contributed by atoms with van der Waals surface area (Å²) in [5.41, 5.74) is 8.74. The van der Waals surface area contributed by atoms with Crippen molar-refractivity contribution in [2.24, 2.45) is 5.92 Å². The van der Waals surface area contributed by atoms with Gasteiger partial charge in [0.15, 0.2) is 5.65 Å². The maximum Gasteiger partial charge on any atom is 0.237 e. The van der Waals surface area contributed by atoms with E-state index in [0.29, 0.717) is 5.82 Å². The molecule has 0 bridgehead atoms. The van der Waals surface area contributed by atoms with Gasteiger partial charge in [0, 0.05) is 11.6 Å². The number of carbonyl (C=O) groups excluding carboxylic acids is 1. The largest absolute Gasteiger partial charge is 0.457 e. The molecule has 206 valence electrons. The standard InChI is InChI=1S/C29H35N7O2.ClH/c1-18(2)25(31-3)29(37)34-20-11-13-21(14-12-20)36-28-24(27(30)32-17-33-28)26(35-36)19-9-15-23(16-10-19)38-22-7-5-4-6-8-22;/h4-10,15-18,20-21,25,31H,11-14H2,1-3H3,(H,34,37)(H2,30,32,33);1H/t20?,21?,25-;/m0./s1. The smallest absolute Gasteiger partial charge is 0.237 e. The Kier molecular flexibility index (Phi) is 9.04. The Morgan fingerprint density at radius 2 is 1.67 bits per heavy atom. The third-order valence-electron chi connectivity index (χ3n) is 7.27. The van der Waals surface area contributed by atoms with Gasteiger partial charge in [0.1, 0.15) is 29.3 Å². The molecule has 4 aromatic rings. The van der Waals surface area contributed by atoms with Crippen molar-refractivity contribution in [3.05, 3.63) is 60.9 Å². The van der Waals surface area contributed by atoms with E-state index in [1.54, 1.807) is 0 Å². The number of amides is 1. The Morgan fingerprint density at radius 1 is 1.00 bits per heavy atom. The fraction of sp³-hybridized carbons (Fsp3) is 0.379. The van der Waals surface area contributed by atoms with Crippen LogP contribution in [0.2, 0.25) is 0 Å². The molecule has 4 N–H and O–H groups in total. The molecule has 39 heavy (non-hydrogen) atoms. The zero-order valence-electron chi connectivity index (χ0n) is 22.5. The molecule has 9 nitrogen and oxygen atoms in total. The van der Waals surface area contributed by atoms with Crippen molar-refractivity contribution in [1.82, 2.24) is 30.4 Å². The zero-order valence-corrected chi connectivity index (χ0v) is 23.3. The summed E-state index contributed by atoms with van der Waals surface area (Å²) < 4.78 is 7.94. The van der Waals surface area contributed by atoms with Crippen LogP contribution in [0.5, 0.6) is 11.5 Å². The second-order valence-electron chi connectivity index (χ2n) is 10.2. The van der Waals surface area contributed by atoms with Gasteiger partial charge in [-0.25, -0.2) is 14.6 Å². The number of hydrogen-bond acceptors (Lipinski definition) is 7. The van der Waals surface area contributed by atoms with E-state index in [1.165, 1.54) is 6.33 Å². The highest BCUT2D eigenvalue weighted by Crippen LogP contribution is 2.36. The minimum Gasteiger partial charge on any atom is -0.457 e. The van der Waals surface area contributed by atoms with Gasteiger partial charge in [-0.15, -0.1) is 12.4 Å². The molecule has 1 fully saturated rings. The van der Waals surface area contributed by atoms with Crippen LogP contribution in [-0.4, -0.2) is 44.8 Å². The average molecular weight is 550 g/mol. The molecule has 10 heteroatoms. The van der Waals surface area contributed by atoms with Crippen molar-refractivity contribution >= 4 is 35.2 Å². The molecular formula is C29H36ClN7O2. The van der Waals surface area contributed by atoms with E-state index in [4.69, 9.17) is 15.6 Å². The summed E-state index contributed by atoms with van der Waals surface area (Å²) in [6.45, 7) is 4.10.